The summed E-state index contributed by atoms with van der Waals surface area (Å²) < 4.78 is 2.01. The van der Waals surface area contributed by atoms with Gasteiger partial charge in [0.25, 0.3) is 0 Å². The normalized spacial score (nSPS) is 10.7. The van der Waals surface area contributed by atoms with Gasteiger partial charge < -0.3 is 25.0 Å². The fraction of sp³-hybridized carbons (Fsp3) is 0.615. The van der Waals surface area contributed by atoms with Crippen LogP contribution >= 0.6 is 24.0 Å². The monoisotopic (exact) mass is 423 g/mol. The van der Waals surface area contributed by atoms with Crippen LogP contribution in [0.2, 0.25) is 0 Å². The van der Waals surface area contributed by atoms with E-state index in [4.69, 9.17) is 0 Å². The topological polar surface area (TPSA) is 77.8 Å². The lowest BCUT2D eigenvalue weighted by Gasteiger charge is -2.15. The maximum Gasteiger partial charge on any atom is 0.241 e. The Hall–Kier alpha value is -1.52. The number of amides is 1. The van der Waals surface area contributed by atoms with Crippen molar-refractivity contribution in [3.63, 3.8) is 0 Å². The average Bonchev–Trinajstić information content (AvgIpc) is 2.80. The maximum atomic E-state index is 11.5. The number of nitrogens with zero attached hydrogens (tertiary/aromatic N) is 5. The van der Waals surface area contributed by atoms with Gasteiger partial charge in [-0.3, -0.25) is 9.79 Å². The molecule has 0 saturated carbocycles. The van der Waals surface area contributed by atoms with Crippen molar-refractivity contribution in [1.82, 2.24) is 25.1 Å². The number of halogens is 1. The van der Waals surface area contributed by atoms with Crippen LogP contribution in [0, 0.1) is 0 Å². The largest absolute Gasteiger partial charge is 0.351 e. The van der Waals surface area contributed by atoms with Gasteiger partial charge in [-0.15, -0.1) is 24.0 Å². The number of guanidine groups is 1. The van der Waals surface area contributed by atoms with E-state index in [1.165, 1.54) is 4.90 Å². The number of anilines is 1. The van der Waals surface area contributed by atoms with Gasteiger partial charge in [0.2, 0.25) is 11.9 Å². The predicted octanol–water partition coefficient (Wildman–Crippen LogP) is -0.143. The highest BCUT2D eigenvalue weighted by molar-refractivity contribution is 14.0. The molecule has 0 saturated heterocycles. The molecule has 1 aromatic heterocycles. The highest BCUT2D eigenvalue weighted by Gasteiger charge is 2.09. The van der Waals surface area contributed by atoms with Gasteiger partial charge >= 0.3 is 0 Å². The quantitative estimate of drug-likeness (QED) is 0.392. The van der Waals surface area contributed by atoms with Gasteiger partial charge in [-0.05, 0) is 0 Å². The van der Waals surface area contributed by atoms with Crippen LogP contribution < -0.4 is 15.5 Å². The Morgan fingerprint density at radius 2 is 1.95 bits per heavy atom. The number of aliphatic imine (C=N–C) groups is 1. The lowest BCUT2D eigenvalue weighted by molar-refractivity contribution is -0.127. The summed E-state index contributed by atoms with van der Waals surface area (Å²) in [5.74, 6) is 1.46. The van der Waals surface area contributed by atoms with Crippen molar-refractivity contribution in [3.8, 4) is 0 Å². The number of hydrogen-bond donors (Lipinski definition) is 2. The molecule has 0 unspecified atom stereocenters. The van der Waals surface area contributed by atoms with Crippen molar-refractivity contribution >= 4 is 41.8 Å². The number of carbonyl (C=O) groups is 1. The van der Waals surface area contributed by atoms with Gasteiger partial charge in [-0.1, -0.05) is 0 Å². The fourth-order valence-corrected chi connectivity index (χ4v) is 1.73. The summed E-state index contributed by atoms with van der Waals surface area (Å²) in [6.45, 7) is 0.786. The molecule has 0 aliphatic rings. The van der Waals surface area contributed by atoms with Crippen LogP contribution in [0.1, 0.15) is 5.69 Å². The number of likely N-dealkylation sites (N-methyl/N-ethyl adjacent to an activating group) is 1. The lowest BCUT2D eigenvalue weighted by atomic mass is 10.4. The summed E-state index contributed by atoms with van der Waals surface area (Å²) in [7, 11) is 11.0. The number of aromatic nitrogens is 2. The van der Waals surface area contributed by atoms with Gasteiger partial charge in [0.1, 0.15) is 0 Å². The number of hydrogen-bond acceptors (Lipinski definition) is 4. The molecule has 0 spiro atoms. The summed E-state index contributed by atoms with van der Waals surface area (Å²) in [6.07, 6.45) is 1.82. The first-order valence-electron chi connectivity index (χ1n) is 6.69. The molecule has 1 rings (SSSR count). The van der Waals surface area contributed by atoms with Crippen LogP contribution in [0.15, 0.2) is 11.2 Å². The van der Waals surface area contributed by atoms with Gasteiger partial charge in [0.05, 0.1) is 25.0 Å². The zero-order chi connectivity index (χ0) is 16.0. The SMILES string of the molecule is CN=C(NCC(=O)N(C)C)NCc1cnc(N(C)C)n1C.I. The molecule has 126 valence electrons. The predicted molar refractivity (Wildman–Crippen MR) is 99.8 cm³/mol. The Labute approximate surface area is 149 Å². The molecule has 1 aromatic rings. The third-order valence-corrected chi connectivity index (χ3v) is 3.03. The van der Waals surface area contributed by atoms with E-state index in [1.54, 1.807) is 21.1 Å². The second-order valence-electron chi connectivity index (χ2n) is 5.07. The van der Waals surface area contributed by atoms with E-state index < -0.39 is 0 Å². The van der Waals surface area contributed by atoms with Gasteiger partial charge in [-0.2, -0.15) is 0 Å². The number of rotatable bonds is 5. The Morgan fingerprint density at radius 1 is 1.32 bits per heavy atom. The zero-order valence-electron chi connectivity index (χ0n) is 14.0. The van der Waals surface area contributed by atoms with E-state index in [0.717, 1.165) is 11.6 Å². The number of nitrogens with one attached hydrogen (secondary N) is 2. The van der Waals surface area contributed by atoms with Crippen LogP contribution in [0.5, 0.6) is 0 Å². The van der Waals surface area contributed by atoms with Crippen LogP contribution in [0.25, 0.3) is 0 Å². The molecule has 2 N–H and O–H groups in total. The van der Waals surface area contributed by atoms with Crippen molar-refractivity contribution in [2.24, 2.45) is 12.0 Å². The summed E-state index contributed by atoms with van der Waals surface area (Å²) in [5, 5.41) is 6.14. The summed E-state index contributed by atoms with van der Waals surface area (Å²) in [5.41, 5.74) is 1.03. The molecular weight excluding hydrogens is 397 g/mol. The van der Waals surface area contributed by atoms with Gasteiger partial charge in [0.15, 0.2) is 5.96 Å². The van der Waals surface area contributed by atoms with Crippen LogP contribution in [-0.4, -0.2) is 68.1 Å². The molecule has 0 aromatic carbocycles. The minimum absolute atomic E-state index is 0. The first-order valence-corrected chi connectivity index (χ1v) is 6.69. The standard InChI is InChI=1S/C13H25N7O.HI/c1-14-12(16-9-11(21)18(2)3)15-7-10-8-17-13(19(4)5)20(10)6;/h8H,7,9H2,1-6H3,(H2,14,15,16);1H. The second-order valence-corrected chi connectivity index (χ2v) is 5.07. The minimum atomic E-state index is -0.00613. The molecule has 1 amide bonds. The molecule has 9 heteroatoms. The van der Waals surface area contributed by atoms with Crippen molar-refractivity contribution in [2.45, 2.75) is 6.54 Å². The van der Waals surface area contributed by atoms with Crippen LogP contribution in [-0.2, 0) is 18.4 Å². The third-order valence-electron chi connectivity index (χ3n) is 3.03. The Bertz CT molecular complexity index is 510. The summed E-state index contributed by atoms with van der Waals surface area (Å²) in [4.78, 5) is 23.4. The Morgan fingerprint density at radius 3 is 2.41 bits per heavy atom. The molecule has 0 atom stereocenters. The molecule has 0 radical (unpaired) electrons. The van der Waals surface area contributed by atoms with Gasteiger partial charge in [-0.25, -0.2) is 4.98 Å². The third kappa shape index (κ3) is 5.70. The van der Waals surface area contributed by atoms with E-state index in [9.17, 15) is 4.79 Å². The van der Waals surface area contributed by atoms with Crippen LogP contribution in [0.4, 0.5) is 5.95 Å². The van der Waals surface area contributed by atoms with Gasteiger partial charge in [0, 0.05) is 42.3 Å². The fourth-order valence-electron chi connectivity index (χ4n) is 1.73. The van der Waals surface area contributed by atoms with E-state index in [2.05, 4.69) is 20.6 Å². The molecule has 0 aliphatic heterocycles. The zero-order valence-corrected chi connectivity index (χ0v) is 16.4. The van der Waals surface area contributed by atoms with E-state index >= 15 is 0 Å². The Kier molecular flexibility index (Phi) is 8.83. The second kappa shape index (κ2) is 9.49. The summed E-state index contributed by atoms with van der Waals surface area (Å²) in [6, 6.07) is 0. The van der Waals surface area contributed by atoms with Crippen molar-refractivity contribution in [1.29, 1.82) is 0 Å². The Balaban J connectivity index is 0.00000441. The van der Waals surface area contributed by atoms with Crippen LogP contribution in [0.3, 0.4) is 0 Å². The number of carbonyl (C=O) groups excluding carboxylic acids is 1. The van der Waals surface area contributed by atoms with E-state index in [0.29, 0.717) is 12.5 Å². The summed E-state index contributed by atoms with van der Waals surface area (Å²) >= 11 is 0. The number of imidazole rings is 1. The first-order chi connectivity index (χ1) is 9.86. The smallest absolute Gasteiger partial charge is 0.241 e. The molecule has 0 bridgehead atoms. The molecule has 0 fully saturated rings. The van der Waals surface area contributed by atoms with Crippen molar-refractivity contribution in [2.75, 3.05) is 46.7 Å². The maximum absolute atomic E-state index is 11.5. The first kappa shape index (κ1) is 20.5. The lowest BCUT2D eigenvalue weighted by Crippen LogP contribution is -2.42. The molecule has 22 heavy (non-hydrogen) atoms. The molecular formula is C13H26IN7O. The van der Waals surface area contributed by atoms with E-state index in [1.807, 2.05) is 36.8 Å². The van der Waals surface area contributed by atoms with Crippen molar-refractivity contribution < 1.29 is 4.79 Å². The molecule has 0 aliphatic carbocycles. The molecule has 8 nitrogen and oxygen atoms in total. The highest BCUT2D eigenvalue weighted by Crippen LogP contribution is 2.10. The van der Waals surface area contributed by atoms with E-state index in [-0.39, 0.29) is 36.4 Å². The highest BCUT2D eigenvalue weighted by atomic mass is 127. The van der Waals surface area contributed by atoms with Crippen molar-refractivity contribution in [3.05, 3.63) is 11.9 Å². The molecule has 1 heterocycles. The minimum Gasteiger partial charge on any atom is -0.351 e. The average molecular weight is 423 g/mol.